The molecule has 0 radical (unpaired) electrons. The highest BCUT2D eigenvalue weighted by Crippen LogP contribution is 2.13. The molecule has 1 amide bonds. The maximum Gasteiger partial charge on any atom is 0.304 e. The Morgan fingerprint density at radius 3 is 2.38 bits per heavy atom. The van der Waals surface area contributed by atoms with Crippen LogP contribution in [0.1, 0.15) is 13.3 Å². The standard InChI is InChI=1S/C8H15NO3S/c1-6(4-8(11)12)13-5-7(10)9(2)3/h6H,4-5H2,1-3H3,(H,11,12). The van der Waals surface area contributed by atoms with Crippen molar-refractivity contribution in [3.05, 3.63) is 0 Å². The normalized spacial score (nSPS) is 12.2. The van der Waals surface area contributed by atoms with Crippen LogP contribution < -0.4 is 0 Å². The van der Waals surface area contributed by atoms with Crippen molar-refractivity contribution in [1.29, 1.82) is 0 Å². The van der Waals surface area contributed by atoms with E-state index in [1.54, 1.807) is 14.1 Å². The first kappa shape index (κ1) is 12.3. The zero-order valence-corrected chi connectivity index (χ0v) is 8.93. The highest BCUT2D eigenvalue weighted by Gasteiger charge is 2.11. The van der Waals surface area contributed by atoms with E-state index in [1.807, 2.05) is 6.92 Å². The van der Waals surface area contributed by atoms with E-state index in [4.69, 9.17) is 5.11 Å². The van der Waals surface area contributed by atoms with Crippen LogP contribution in [0.15, 0.2) is 0 Å². The van der Waals surface area contributed by atoms with Crippen LogP contribution in [0, 0.1) is 0 Å². The predicted octanol–water partition coefficient (Wildman–Crippen LogP) is 0.671. The van der Waals surface area contributed by atoms with Crippen molar-refractivity contribution in [3.8, 4) is 0 Å². The van der Waals surface area contributed by atoms with Crippen molar-refractivity contribution >= 4 is 23.6 Å². The van der Waals surface area contributed by atoms with Crippen LogP contribution in [-0.4, -0.2) is 47.0 Å². The summed E-state index contributed by atoms with van der Waals surface area (Å²) in [6.45, 7) is 1.81. The lowest BCUT2D eigenvalue weighted by atomic mass is 10.3. The van der Waals surface area contributed by atoms with Crippen molar-refractivity contribution in [1.82, 2.24) is 4.90 Å². The summed E-state index contributed by atoms with van der Waals surface area (Å²) in [6, 6.07) is 0. The molecule has 1 unspecified atom stereocenters. The van der Waals surface area contributed by atoms with Gasteiger partial charge in [0, 0.05) is 19.3 Å². The van der Waals surface area contributed by atoms with Gasteiger partial charge in [0.25, 0.3) is 0 Å². The largest absolute Gasteiger partial charge is 0.481 e. The molecule has 0 spiro atoms. The molecule has 1 N–H and O–H groups in total. The van der Waals surface area contributed by atoms with Crippen LogP contribution >= 0.6 is 11.8 Å². The van der Waals surface area contributed by atoms with E-state index in [-0.39, 0.29) is 17.6 Å². The summed E-state index contributed by atoms with van der Waals surface area (Å²) in [4.78, 5) is 22.9. The summed E-state index contributed by atoms with van der Waals surface area (Å²) in [7, 11) is 3.37. The monoisotopic (exact) mass is 205 g/mol. The molecule has 76 valence electrons. The lowest BCUT2D eigenvalue weighted by Crippen LogP contribution is -2.24. The van der Waals surface area contributed by atoms with E-state index in [9.17, 15) is 9.59 Å². The minimum Gasteiger partial charge on any atom is -0.481 e. The summed E-state index contributed by atoms with van der Waals surface area (Å²) in [5.41, 5.74) is 0. The lowest BCUT2D eigenvalue weighted by molar-refractivity contribution is -0.137. The van der Waals surface area contributed by atoms with E-state index in [2.05, 4.69) is 0 Å². The molecule has 1 atom stereocenters. The molecular weight excluding hydrogens is 190 g/mol. The van der Waals surface area contributed by atoms with Gasteiger partial charge in [-0.2, -0.15) is 0 Å². The Hall–Kier alpha value is -0.710. The van der Waals surface area contributed by atoms with E-state index < -0.39 is 5.97 Å². The molecule has 0 rings (SSSR count). The van der Waals surface area contributed by atoms with Gasteiger partial charge < -0.3 is 10.0 Å². The first-order valence-electron chi connectivity index (χ1n) is 3.97. The van der Waals surface area contributed by atoms with Crippen LogP contribution in [0.3, 0.4) is 0 Å². The lowest BCUT2D eigenvalue weighted by Gasteiger charge is -2.12. The second-order valence-corrected chi connectivity index (χ2v) is 4.43. The molecule has 0 aliphatic rings. The molecule has 0 aromatic heterocycles. The number of carboxylic acids is 1. The average molecular weight is 205 g/mol. The summed E-state index contributed by atoms with van der Waals surface area (Å²) >= 11 is 1.37. The fourth-order valence-corrected chi connectivity index (χ4v) is 1.59. The van der Waals surface area contributed by atoms with Crippen molar-refractivity contribution in [2.45, 2.75) is 18.6 Å². The van der Waals surface area contributed by atoms with Gasteiger partial charge in [0.1, 0.15) is 0 Å². The number of rotatable bonds is 5. The smallest absolute Gasteiger partial charge is 0.304 e. The molecule has 0 aromatic rings. The summed E-state index contributed by atoms with van der Waals surface area (Å²) in [5.74, 6) is -0.457. The van der Waals surface area contributed by atoms with Gasteiger partial charge in [-0.05, 0) is 0 Å². The molecule has 0 saturated carbocycles. The van der Waals surface area contributed by atoms with Gasteiger partial charge in [-0.1, -0.05) is 6.92 Å². The number of amides is 1. The van der Waals surface area contributed by atoms with Gasteiger partial charge in [-0.25, -0.2) is 0 Å². The zero-order valence-electron chi connectivity index (χ0n) is 8.11. The molecule has 0 aromatic carbocycles. The highest BCUT2D eigenvalue weighted by molar-refractivity contribution is 8.00. The minimum atomic E-state index is -0.822. The molecular formula is C8H15NO3S. The molecule has 0 bridgehead atoms. The van der Waals surface area contributed by atoms with Crippen molar-refractivity contribution in [3.63, 3.8) is 0 Å². The second-order valence-electron chi connectivity index (χ2n) is 3.01. The van der Waals surface area contributed by atoms with Crippen LogP contribution in [0.2, 0.25) is 0 Å². The Morgan fingerprint density at radius 2 is 2.00 bits per heavy atom. The van der Waals surface area contributed by atoms with E-state index in [0.29, 0.717) is 5.75 Å². The highest BCUT2D eigenvalue weighted by atomic mass is 32.2. The van der Waals surface area contributed by atoms with Crippen LogP contribution in [0.5, 0.6) is 0 Å². The first-order chi connectivity index (χ1) is 5.93. The van der Waals surface area contributed by atoms with Gasteiger partial charge in [0.15, 0.2) is 0 Å². The molecule has 0 fully saturated rings. The van der Waals surface area contributed by atoms with Gasteiger partial charge in [0.2, 0.25) is 5.91 Å². The molecule has 0 saturated heterocycles. The average Bonchev–Trinajstić information content (AvgIpc) is 1.98. The third-order valence-electron chi connectivity index (χ3n) is 1.45. The Morgan fingerprint density at radius 1 is 1.46 bits per heavy atom. The van der Waals surface area contributed by atoms with Crippen LogP contribution in [0.25, 0.3) is 0 Å². The van der Waals surface area contributed by atoms with Gasteiger partial charge >= 0.3 is 5.97 Å². The number of nitrogens with zero attached hydrogens (tertiary/aromatic N) is 1. The maximum atomic E-state index is 11.1. The Kier molecular flexibility index (Phi) is 5.53. The Balaban J connectivity index is 3.63. The maximum absolute atomic E-state index is 11.1. The summed E-state index contributed by atoms with van der Waals surface area (Å²) in [6.07, 6.45) is 0.103. The molecule has 5 heteroatoms. The first-order valence-corrected chi connectivity index (χ1v) is 5.02. The van der Waals surface area contributed by atoms with Gasteiger partial charge in [0.05, 0.1) is 12.2 Å². The van der Waals surface area contributed by atoms with Gasteiger partial charge in [-0.3, -0.25) is 9.59 Å². The third kappa shape index (κ3) is 6.45. The number of hydrogen-bond donors (Lipinski definition) is 1. The molecule has 0 aliphatic heterocycles. The van der Waals surface area contributed by atoms with Crippen molar-refractivity contribution in [2.24, 2.45) is 0 Å². The number of hydrogen-bond acceptors (Lipinski definition) is 3. The topological polar surface area (TPSA) is 57.6 Å². The molecule has 4 nitrogen and oxygen atoms in total. The van der Waals surface area contributed by atoms with E-state index in [1.165, 1.54) is 16.7 Å². The number of aliphatic carboxylic acids is 1. The third-order valence-corrected chi connectivity index (χ3v) is 2.60. The Bertz CT molecular complexity index is 194. The fourth-order valence-electron chi connectivity index (χ4n) is 0.647. The van der Waals surface area contributed by atoms with Gasteiger partial charge in [-0.15, -0.1) is 11.8 Å². The fraction of sp³-hybridized carbons (Fsp3) is 0.750. The quantitative estimate of drug-likeness (QED) is 0.716. The number of thioether (sulfide) groups is 1. The molecule has 0 aliphatic carbocycles. The SMILES string of the molecule is CC(CC(=O)O)SCC(=O)N(C)C. The van der Waals surface area contributed by atoms with Crippen molar-refractivity contribution in [2.75, 3.05) is 19.8 Å². The van der Waals surface area contributed by atoms with Crippen molar-refractivity contribution < 1.29 is 14.7 Å². The Labute approximate surface area is 82.3 Å². The zero-order chi connectivity index (χ0) is 10.4. The molecule has 0 heterocycles. The number of carboxylic acid groups (broad SMARTS) is 1. The number of carbonyl (C=O) groups excluding carboxylic acids is 1. The van der Waals surface area contributed by atoms with E-state index in [0.717, 1.165) is 0 Å². The summed E-state index contributed by atoms with van der Waals surface area (Å²) < 4.78 is 0. The molecule has 13 heavy (non-hydrogen) atoms. The predicted molar refractivity (Wildman–Crippen MR) is 52.9 cm³/mol. The van der Waals surface area contributed by atoms with Crippen LogP contribution in [-0.2, 0) is 9.59 Å². The van der Waals surface area contributed by atoms with Crippen LogP contribution in [0.4, 0.5) is 0 Å². The second kappa shape index (κ2) is 5.85. The number of carbonyl (C=O) groups is 2. The summed E-state index contributed by atoms with van der Waals surface area (Å²) in [5, 5.41) is 8.44. The minimum absolute atomic E-state index is 0.0126. The van der Waals surface area contributed by atoms with E-state index >= 15 is 0 Å².